The standard InChI is InChI=1S/C5H8BN/c7-5-6-3-1-2-4-6/h1-4H2. The van der Waals surface area contributed by atoms with E-state index in [0.717, 1.165) is 12.6 Å². The largest absolute Gasteiger partial charge is 0.267 e. The van der Waals surface area contributed by atoms with Gasteiger partial charge in [0.25, 0.3) is 6.71 Å². The Balaban J connectivity index is 2.31. The fourth-order valence-corrected chi connectivity index (χ4v) is 1.05. The van der Waals surface area contributed by atoms with Gasteiger partial charge in [-0.1, -0.05) is 25.5 Å². The van der Waals surface area contributed by atoms with Gasteiger partial charge in [-0.05, 0) is 0 Å². The maximum Gasteiger partial charge on any atom is 0.267 e. The molecule has 0 aromatic rings. The van der Waals surface area contributed by atoms with Crippen LogP contribution in [0.5, 0.6) is 0 Å². The fourth-order valence-electron chi connectivity index (χ4n) is 1.05. The zero-order valence-corrected chi connectivity index (χ0v) is 4.35. The molecule has 0 atom stereocenters. The van der Waals surface area contributed by atoms with E-state index in [9.17, 15) is 0 Å². The Labute approximate surface area is 44.4 Å². The maximum absolute atomic E-state index is 8.32. The summed E-state index contributed by atoms with van der Waals surface area (Å²) in [5, 5.41) is 8.32. The van der Waals surface area contributed by atoms with Crippen LogP contribution in [0.2, 0.25) is 12.6 Å². The molecule has 2 heteroatoms. The van der Waals surface area contributed by atoms with Gasteiger partial charge in [-0.15, -0.1) is 0 Å². The minimum absolute atomic E-state index is 0.403. The Bertz CT molecular complexity index is 88.7. The van der Waals surface area contributed by atoms with E-state index in [1.165, 1.54) is 12.8 Å². The van der Waals surface area contributed by atoms with E-state index in [-0.39, 0.29) is 0 Å². The molecule has 1 nitrogen and oxygen atoms in total. The lowest BCUT2D eigenvalue weighted by molar-refractivity contribution is 0.935. The van der Waals surface area contributed by atoms with Crippen molar-refractivity contribution in [3.63, 3.8) is 0 Å². The Morgan fingerprint density at radius 2 is 1.86 bits per heavy atom. The summed E-state index contributed by atoms with van der Waals surface area (Å²) in [5.41, 5.74) is 0. The van der Waals surface area contributed by atoms with Gasteiger partial charge in [0, 0.05) is 5.97 Å². The molecule has 0 saturated carbocycles. The van der Waals surface area contributed by atoms with Gasteiger partial charge in [0.1, 0.15) is 0 Å². The maximum atomic E-state index is 8.32. The molecule has 0 bridgehead atoms. The molecule has 1 fully saturated rings. The molecule has 0 amide bonds. The zero-order chi connectivity index (χ0) is 5.11. The van der Waals surface area contributed by atoms with Gasteiger partial charge in [-0.3, -0.25) is 0 Å². The average Bonchev–Trinajstić information content (AvgIpc) is 2.14. The molecule has 0 N–H and O–H groups in total. The van der Waals surface area contributed by atoms with E-state index < -0.39 is 0 Å². The van der Waals surface area contributed by atoms with E-state index in [1.54, 1.807) is 0 Å². The molecule has 0 aliphatic carbocycles. The van der Waals surface area contributed by atoms with Crippen LogP contribution in [0.3, 0.4) is 0 Å². The van der Waals surface area contributed by atoms with Crippen molar-refractivity contribution < 1.29 is 0 Å². The summed E-state index contributed by atoms with van der Waals surface area (Å²) in [4.78, 5) is 0. The highest BCUT2D eigenvalue weighted by atomic mass is 14.2. The number of hydrogen-bond donors (Lipinski definition) is 0. The molecule has 0 radical (unpaired) electrons. The molecule has 0 spiro atoms. The molecule has 1 aliphatic rings. The lowest BCUT2D eigenvalue weighted by Gasteiger charge is -1.80. The molecule has 0 aromatic heterocycles. The molecule has 1 saturated heterocycles. The number of rotatable bonds is 0. The highest BCUT2D eigenvalue weighted by molar-refractivity contribution is 6.67. The summed E-state index contributed by atoms with van der Waals surface area (Å²) in [7, 11) is 0. The van der Waals surface area contributed by atoms with Crippen molar-refractivity contribution in [3.05, 3.63) is 0 Å². The first-order chi connectivity index (χ1) is 3.43. The smallest absolute Gasteiger partial charge is 0.213 e. The minimum Gasteiger partial charge on any atom is -0.213 e. The van der Waals surface area contributed by atoms with Crippen molar-refractivity contribution in [2.24, 2.45) is 0 Å². The summed E-state index contributed by atoms with van der Waals surface area (Å²) in [6.07, 6.45) is 4.85. The van der Waals surface area contributed by atoms with E-state index in [2.05, 4.69) is 5.97 Å². The molecule has 0 unspecified atom stereocenters. The van der Waals surface area contributed by atoms with Crippen LogP contribution in [0.25, 0.3) is 0 Å². The third-order valence-electron chi connectivity index (χ3n) is 1.54. The lowest BCUT2D eigenvalue weighted by atomic mass is 9.50. The monoisotopic (exact) mass is 93.1 g/mol. The van der Waals surface area contributed by atoms with Crippen LogP contribution in [-0.2, 0) is 0 Å². The number of nitriles is 1. The normalized spacial score (nSPS) is 19.6. The first kappa shape index (κ1) is 4.71. The average molecular weight is 92.9 g/mol. The topological polar surface area (TPSA) is 23.8 Å². The van der Waals surface area contributed by atoms with Crippen molar-refractivity contribution in [1.29, 1.82) is 5.26 Å². The predicted octanol–water partition coefficient (Wildman–Crippen LogP) is 1.34. The van der Waals surface area contributed by atoms with Crippen LogP contribution in [0.1, 0.15) is 12.8 Å². The number of hydrogen-bond acceptors (Lipinski definition) is 1. The Morgan fingerprint density at radius 1 is 1.29 bits per heavy atom. The summed E-state index contributed by atoms with van der Waals surface area (Å²) in [5.74, 6) is 2.26. The predicted molar refractivity (Wildman–Crippen MR) is 30.2 cm³/mol. The summed E-state index contributed by atoms with van der Waals surface area (Å²) < 4.78 is 0. The molecule has 36 valence electrons. The van der Waals surface area contributed by atoms with Gasteiger partial charge in [0.05, 0.1) is 0 Å². The summed E-state index contributed by atoms with van der Waals surface area (Å²) >= 11 is 0. The van der Waals surface area contributed by atoms with Gasteiger partial charge < -0.3 is 0 Å². The van der Waals surface area contributed by atoms with Crippen molar-refractivity contribution in [2.75, 3.05) is 0 Å². The summed E-state index contributed by atoms with van der Waals surface area (Å²) in [6.45, 7) is 0.403. The Morgan fingerprint density at radius 3 is 2.14 bits per heavy atom. The third kappa shape index (κ3) is 0.959. The van der Waals surface area contributed by atoms with Gasteiger partial charge in [-0.2, -0.15) is 0 Å². The van der Waals surface area contributed by atoms with Crippen LogP contribution in [0.15, 0.2) is 0 Å². The minimum atomic E-state index is 0.403. The van der Waals surface area contributed by atoms with E-state index in [4.69, 9.17) is 5.26 Å². The zero-order valence-electron chi connectivity index (χ0n) is 4.35. The molecule has 1 rings (SSSR count). The second-order valence-corrected chi connectivity index (χ2v) is 2.11. The van der Waals surface area contributed by atoms with Crippen LogP contribution in [-0.4, -0.2) is 6.71 Å². The first-order valence-corrected chi connectivity index (χ1v) is 2.83. The quantitative estimate of drug-likeness (QED) is 0.414. The van der Waals surface area contributed by atoms with Crippen LogP contribution in [0, 0.1) is 11.2 Å². The van der Waals surface area contributed by atoms with Gasteiger partial charge in [0.15, 0.2) is 0 Å². The Kier molecular flexibility index (Phi) is 1.36. The molecule has 0 aromatic carbocycles. The molecule has 1 aliphatic heterocycles. The molecule has 7 heavy (non-hydrogen) atoms. The van der Waals surface area contributed by atoms with Crippen molar-refractivity contribution in [2.45, 2.75) is 25.5 Å². The SMILES string of the molecule is N#CB1CCCC1. The highest BCUT2D eigenvalue weighted by Crippen LogP contribution is 2.17. The first-order valence-electron chi connectivity index (χ1n) is 2.83. The van der Waals surface area contributed by atoms with Crippen LogP contribution in [0.4, 0.5) is 0 Å². The summed E-state index contributed by atoms with van der Waals surface area (Å²) in [6, 6.07) is 0. The van der Waals surface area contributed by atoms with Crippen molar-refractivity contribution in [1.82, 2.24) is 0 Å². The Hall–Kier alpha value is -0.445. The highest BCUT2D eigenvalue weighted by Gasteiger charge is 2.17. The van der Waals surface area contributed by atoms with Crippen LogP contribution >= 0.6 is 0 Å². The van der Waals surface area contributed by atoms with Crippen molar-refractivity contribution in [3.8, 4) is 5.97 Å². The van der Waals surface area contributed by atoms with Gasteiger partial charge in [-0.25, -0.2) is 5.26 Å². The van der Waals surface area contributed by atoms with Gasteiger partial charge >= 0.3 is 0 Å². The second kappa shape index (κ2) is 2.02. The van der Waals surface area contributed by atoms with Gasteiger partial charge in [0.2, 0.25) is 0 Å². The fraction of sp³-hybridized carbons (Fsp3) is 0.800. The van der Waals surface area contributed by atoms with E-state index >= 15 is 0 Å². The van der Waals surface area contributed by atoms with E-state index in [1.807, 2.05) is 0 Å². The van der Waals surface area contributed by atoms with Crippen LogP contribution < -0.4 is 0 Å². The lowest BCUT2D eigenvalue weighted by Crippen LogP contribution is -1.99. The number of nitrogens with zero attached hydrogens (tertiary/aromatic N) is 1. The second-order valence-electron chi connectivity index (χ2n) is 2.11. The molecular formula is C5H8BN. The third-order valence-corrected chi connectivity index (χ3v) is 1.54. The molecular weight excluding hydrogens is 84.9 g/mol. The molecule has 1 heterocycles. The van der Waals surface area contributed by atoms with Crippen molar-refractivity contribution >= 4 is 6.71 Å². The van der Waals surface area contributed by atoms with E-state index in [0.29, 0.717) is 6.71 Å².